The van der Waals surface area contributed by atoms with Gasteiger partial charge < -0.3 is 30.6 Å². The zero-order valence-electron chi connectivity index (χ0n) is 21.4. The van der Waals surface area contributed by atoms with Gasteiger partial charge in [-0.05, 0) is 20.0 Å². The van der Waals surface area contributed by atoms with Crippen LogP contribution in [0, 0.1) is 11.2 Å². The predicted molar refractivity (Wildman–Crippen MR) is 142 cm³/mol. The summed E-state index contributed by atoms with van der Waals surface area (Å²) in [5, 5.41) is 17.3. The molecule has 37 heavy (non-hydrogen) atoms. The molecule has 1 amide bonds. The van der Waals surface area contributed by atoms with Crippen LogP contribution in [0.2, 0.25) is 0 Å². The molecular formula is C25H32FN9O2. The lowest BCUT2D eigenvalue weighted by molar-refractivity contribution is -0.121. The number of carbonyl (C=O) groups excluding carboxylic acids is 1. The summed E-state index contributed by atoms with van der Waals surface area (Å²) in [6.07, 6.45) is 4.24. The topological polar surface area (TPSA) is 134 Å². The van der Waals surface area contributed by atoms with E-state index in [2.05, 4.69) is 47.7 Å². The Bertz CT molecular complexity index is 1310. The van der Waals surface area contributed by atoms with Gasteiger partial charge in [0.15, 0.2) is 5.82 Å². The van der Waals surface area contributed by atoms with Crippen LogP contribution in [0.1, 0.15) is 6.92 Å². The van der Waals surface area contributed by atoms with Crippen LogP contribution < -0.4 is 16.0 Å². The van der Waals surface area contributed by atoms with Gasteiger partial charge in [-0.15, -0.1) is 0 Å². The highest BCUT2D eigenvalue weighted by atomic mass is 19.1. The van der Waals surface area contributed by atoms with Gasteiger partial charge >= 0.3 is 0 Å². The first-order valence-corrected chi connectivity index (χ1v) is 12.0. The minimum Gasteiger partial charge on any atom is -0.480 e. The molecule has 1 atom stereocenters. The molecule has 0 saturated carbocycles. The van der Waals surface area contributed by atoms with Gasteiger partial charge in [-0.2, -0.15) is 0 Å². The molecule has 0 bridgehead atoms. The number of halogens is 1. The molecule has 4 rings (SSSR count). The van der Waals surface area contributed by atoms with Gasteiger partial charge in [-0.3, -0.25) is 15.1 Å². The van der Waals surface area contributed by atoms with E-state index in [4.69, 9.17) is 10.1 Å². The highest BCUT2D eigenvalue weighted by molar-refractivity contribution is 6.06. The summed E-state index contributed by atoms with van der Waals surface area (Å²) in [6.45, 7) is 5.42. The molecule has 2 aromatic heterocycles. The number of anilines is 2. The van der Waals surface area contributed by atoms with Crippen LogP contribution >= 0.6 is 0 Å². The number of aromatic nitrogens is 3. The summed E-state index contributed by atoms with van der Waals surface area (Å²) < 4.78 is 19.8. The first-order valence-electron chi connectivity index (χ1n) is 12.0. The number of nitrogens with zero attached hydrogens (tertiary/aromatic N) is 4. The van der Waals surface area contributed by atoms with Crippen LogP contribution in [-0.2, 0) is 9.53 Å². The molecule has 12 heteroatoms. The van der Waals surface area contributed by atoms with Gasteiger partial charge in [-0.25, -0.2) is 14.4 Å². The maximum absolute atomic E-state index is 14.9. The summed E-state index contributed by atoms with van der Waals surface area (Å²) >= 11 is 0. The van der Waals surface area contributed by atoms with E-state index in [0.717, 1.165) is 32.4 Å². The van der Waals surface area contributed by atoms with Crippen molar-refractivity contribution in [2.24, 2.45) is 0 Å². The van der Waals surface area contributed by atoms with Gasteiger partial charge in [0.1, 0.15) is 11.4 Å². The number of piperazine rings is 1. The van der Waals surface area contributed by atoms with Crippen molar-refractivity contribution in [2.45, 2.75) is 13.0 Å². The number of aromatic amines is 1. The summed E-state index contributed by atoms with van der Waals surface area (Å²) in [5.41, 5.74) is 2.14. The third kappa shape index (κ3) is 5.70. The fourth-order valence-corrected chi connectivity index (χ4v) is 4.22. The Labute approximate surface area is 214 Å². The maximum Gasteiger partial charge on any atom is 0.241 e. The lowest BCUT2D eigenvalue weighted by Crippen LogP contribution is -2.51. The van der Waals surface area contributed by atoms with E-state index < -0.39 is 5.82 Å². The van der Waals surface area contributed by atoms with Crippen LogP contribution in [0.25, 0.3) is 22.2 Å². The second kappa shape index (κ2) is 11.4. The lowest BCUT2D eigenvalue weighted by atomic mass is 10.1. The maximum atomic E-state index is 14.9. The number of likely N-dealkylation sites (N-methyl/N-ethyl adjacent to an activating group) is 1. The van der Waals surface area contributed by atoms with Gasteiger partial charge in [0.25, 0.3) is 0 Å². The van der Waals surface area contributed by atoms with Gasteiger partial charge in [0.05, 0.1) is 30.6 Å². The van der Waals surface area contributed by atoms with E-state index in [0.29, 0.717) is 22.2 Å². The number of amides is 1. The molecule has 196 valence electrons. The van der Waals surface area contributed by atoms with E-state index in [9.17, 15) is 9.18 Å². The van der Waals surface area contributed by atoms with E-state index in [1.165, 1.54) is 13.3 Å². The predicted octanol–water partition coefficient (Wildman–Crippen LogP) is 2.43. The number of benzene rings is 1. The Hall–Kier alpha value is -4.03. The van der Waals surface area contributed by atoms with Crippen LogP contribution in [0.3, 0.4) is 0 Å². The monoisotopic (exact) mass is 509 g/mol. The number of methoxy groups -OCH3 is 1. The van der Waals surface area contributed by atoms with Crippen molar-refractivity contribution in [3.8, 4) is 11.3 Å². The van der Waals surface area contributed by atoms with Crippen LogP contribution in [0.5, 0.6) is 0 Å². The number of ether oxygens (including phenoxy) is 1. The van der Waals surface area contributed by atoms with E-state index in [1.807, 2.05) is 25.1 Å². The molecule has 5 N–H and O–H groups in total. The first-order chi connectivity index (χ1) is 17.8. The Morgan fingerprint density at radius 2 is 2.03 bits per heavy atom. The van der Waals surface area contributed by atoms with Crippen LogP contribution in [-0.4, -0.2) is 90.0 Å². The number of H-pyrrole nitrogens is 1. The second-order valence-corrected chi connectivity index (χ2v) is 8.83. The number of rotatable bonds is 8. The van der Waals surface area contributed by atoms with Crippen molar-refractivity contribution < 1.29 is 13.9 Å². The largest absolute Gasteiger partial charge is 0.480 e. The quantitative estimate of drug-likeness (QED) is 0.231. The zero-order valence-corrected chi connectivity index (χ0v) is 21.4. The van der Waals surface area contributed by atoms with E-state index in [-0.39, 0.29) is 35.2 Å². The highest BCUT2D eigenvalue weighted by Crippen LogP contribution is 2.33. The normalized spacial score (nSPS) is 15.9. The van der Waals surface area contributed by atoms with Gasteiger partial charge in [0.2, 0.25) is 17.8 Å². The molecular weight excluding hydrogens is 477 g/mol. The molecule has 11 nitrogen and oxygen atoms in total. The number of hydrogen-bond acceptors (Lipinski definition) is 9. The van der Waals surface area contributed by atoms with Gasteiger partial charge in [0, 0.05) is 56.6 Å². The third-order valence-corrected chi connectivity index (χ3v) is 6.42. The Morgan fingerprint density at radius 1 is 1.27 bits per heavy atom. The summed E-state index contributed by atoms with van der Waals surface area (Å²) in [6, 6.07) is 5.17. The van der Waals surface area contributed by atoms with E-state index in [1.54, 1.807) is 13.2 Å². The minimum absolute atomic E-state index is 0.0748. The van der Waals surface area contributed by atoms with Crippen molar-refractivity contribution in [1.29, 1.82) is 5.41 Å². The molecule has 1 unspecified atom stereocenters. The minimum atomic E-state index is -0.606. The van der Waals surface area contributed by atoms with Crippen molar-refractivity contribution in [2.75, 3.05) is 58.0 Å². The number of para-hydroxylation sites is 1. The second-order valence-electron chi connectivity index (χ2n) is 8.83. The smallest absolute Gasteiger partial charge is 0.241 e. The average molecular weight is 510 g/mol. The molecule has 1 saturated heterocycles. The molecule has 1 aromatic carbocycles. The summed E-state index contributed by atoms with van der Waals surface area (Å²) in [7, 11) is 5.13. The van der Waals surface area contributed by atoms with Crippen LogP contribution in [0.4, 0.5) is 16.0 Å². The fraction of sp³-hybridized carbons (Fsp3) is 0.360. The average Bonchev–Trinajstić information content (AvgIpc) is 3.34. The molecule has 0 spiro atoms. The number of fused-ring (bicyclic) bond motifs is 1. The standard InChI is InChI=1S/C25H32FN9O2/c1-15(35-10-8-34(3)9-11-35)24(36)31-19-7-5-6-16-17(12-29-22(16)19)21-18(26)13-30-25(33-21)32-20(14-28-2)23(27)37-4/h5-7,12-15,27-29H,8-11H2,1-4H3,(H,31,36)(H,30,32,33)/b20-14+,27-23?. The Kier molecular flexibility index (Phi) is 7.99. The van der Waals surface area contributed by atoms with E-state index >= 15 is 0 Å². The first kappa shape index (κ1) is 26.0. The molecule has 0 radical (unpaired) electrons. The molecule has 3 aromatic rings. The van der Waals surface area contributed by atoms with Crippen molar-refractivity contribution in [1.82, 2.24) is 30.1 Å². The van der Waals surface area contributed by atoms with Crippen molar-refractivity contribution in [3.05, 3.63) is 48.3 Å². The summed E-state index contributed by atoms with van der Waals surface area (Å²) in [4.78, 5) is 29.0. The SMILES string of the molecule is CN/C=C(/Nc1ncc(F)c(-c2c[nH]c3c(NC(=O)C(C)N4CCN(C)CC4)cccc23)n1)C(=N)OC. The van der Waals surface area contributed by atoms with Gasteiger partial charge in [-0.1, -0.05) is 12.1 Å². The number of hydrogen-bond donors (Lipinski definition) is 5. The zero-order chi connectivity index (χ0) is 26.5. The Balaban J connectivity index is 1.60. The highest BCUT2D eigenvalue weighted by Gasteiger charge is 2.25. The molecule has 1 fully saturated rings. The summed E-state index contributed by atoms with van der Waals surface area (Å²) in [5.74, 6) is -0.746. The van der Waals surface area contributed by atoms with Crippen LogP contribution in [0.15, 0.2) is 42.5 Å². The molecule has 0 aliphatic carbocycles. The number of carbonyl (C=O) groups is 1. The Morgan fingerprint density at radius 3 is 2.73 bits per heavy atom. The molecule has 1 aliphatic rings. The molecule has 1 aliphatic heterocycles. The third-order valence-electron chi connectivity index (χ3n) is 6.42. The van der Waals surface area contributed by atoms with Crippen molar-refractivity contribution in [3.63, 3.8) is 0 Å². The van der Waals surface area contributed by atoms with Crippen molar-refractivity contribution >= 4 is 34.3 Å². The lowest BCUT2D eigenvalue weighted by Gasteiger charge is -2.35. The molecule has 3 heterocycles. The fourth-order valence-electron chi connectivity index (χ4n) is 4.22. The number of nitrogens with one attached hydrogen (secondary N) is 5.